The van der Waals surface area contributed by atoms with E-state index in [0.29, 0.717) is 12.0 Å². The topological polar surface area (TPSA) is 39.1 Å². The maximum absolute atomic E-state index is 12.5. The second-order valence-electron chi connectivity index (χ2n) is 5.52. The number of carbonyl (C=O) groups excluding carboxylic acids is 2. The maximum Gasteiger partial charge on any atom is 0.235 e. The fourth-order valence-electron chi connectivity index (χ4n) is 2.75. The molecule has 110 valence electrons. The molecule has 0 spiro atoms. The summed E-state index contributed by atoms with van der Waals surface area (Å²) in [5.74, 6) is 0.0159. The van der Waals surface area contributed by atoms with Crippen LogP contribution in [-0.4, -0.2) is 16.3 Å². The van der Waals surface area contributed by atoms with Gasteiger partial charge in [-0.1, -0.05) is 30.3 Å². The number of carbonyl (C=O) groups is 2. The summed E-state index contributed by atoms with van der Waals surface area (Å²) in [6.07, 6.45) is 2.12. The molecule has 0 aliphatic carbocycles. The molecule has 3 heteroatoms. The van der Waals surface area contributed by atoms with Crippen LogP contribution in [0.5, 0.6) is 0 Å². The second-order valence-corrected chi connectivity index (χ2v) is 5.52. The molecule has 2 aromatic carbocycles. The molecule has 0 fully saturated rings. The number of aryl methyl sites for hydroxylation is 1. The number of fused-ring (bicyclic) bond motifs is 1. The van der Waals surface area contributed by atoms with Crippen molar-refractivity contribution < 1.29 is 9.59 Å². The summed E-state index contributed by atoms with van der Waals surface area (Å²) in [6.45, 7) is 3.46. The van der Waals surface area contributed by atoms with Crippen molar-refractivity contribution in [3.63, 3.8) is 0 Å². The molecule has 22 heavy (non-hydrogen) atoms. The Morgan fingerprint density at radius 2 is 1.77 bits per heavy atom. The summed E-state index contributed by atoms with van der Waals surface area (Å²) in [4.78, 5) is 24.2. The Labute approximate surface area is 129 Å². The lowest BCUT2D eigenvalue weighted by atomic mass is 10.0. The van der Waals surface area contributed by atoms with Gasteiger partial charge < -0.3 is 0 Å². The summed E-state index contributed by atoms with van der Waals surface area (Å²) in [5.41, 5.74) is 3.37. The van der Waals surface area contributed by atoms with Gasteiger partial charge in [-0.15, -0.1) is 0 Å². The first-order chi connectivity index (χ1) is 10.6. The summed E-state index contributed by atoms with van der Waals surface area (Å²) in [5, 5.41) is 0.976. The van der Waals surface area contributed by atoms with Gasteiger partial charge in [-0.25, -0.2) is 0 Å². The highest BCUT2D eigenvalue weighted by Crippen LogP contribution is 2.22. The van der Waals surface area contributed by atoms with Crippen LogP contribution in [0.1, 0.15) is 33.2 Å². The van der Waals surface area contributed by atoms with Gasteiger partial charge in [-0.2, -0.15) is 0 Å². The highest BCUT2D eigenvalue weighted by molar-refractivity contribution is 6.01. The van der Waals surface area contributed by atoms with E-state index in [9.17, 15) is 9.59 Å². The minimum atomic E-state index is -0.000412. The zero-order valence-corrected chi connectivity index (χ0v) is 12.7. The maximum atomic E-state index is 12.5. The lowest BCUT2D eigenvalue weighted by Gasteiger charge is -2.07. The molecule has 3 aromatic rings. The molecule has 0 aliphatic rings. The number of rotatable bonds is 3. The molecule has 3 rings (SSSR count). The van der Waals surface area contributed by atoms with Crippen molar-refractivity contribution in [3.05, 3.63) is 71.4 Å². The van der Waals surface area contributed by atoms with Crippen LogP contribution in [0.15, 0.2) is 54.7 Å². The highest BCUT2D eigenvalue weighted by Gasteiger charge is 2.13. The van der Waals surface area contributed by atoms with Gasteiger partial charge in [0.2, 0.25) is 5.91 Å². The average molecular weight is 291 g/mol. The van der Waals surface area contributed by atoms with Gasteiger partial charge in [-0.05, 0) is 43.2 Å². The van der Waals surface area contributed by atoms with Crippen molar-refractivity contribution >= 4 is 22.6 Å². The summed E-state index contributed by atoms with van der Waals surface area (Å²) in [7, 11) is 0. The predicted molar refractivity (Wildman–Crippen MR) is 87.5 cm³/mol. The van der Waals surface area contributed by atoms with Gasteiger partial charge in [-0.3, -0.25) is 14.2 Å². The lowest BCUT2D eigenvalue weighted by molar-refractivity contribution is 0.0918. The van der Waals surface area contributed by atoms with E-state index >= 15 is 0 Å². The van der Waals surface area contributed by atoms with Crippen LogP contribution in [0.25, 0.3) is 10.9 Å². The van der Waals surface area contributed by atoms with Crippen molar-refractivity contribution in [3.8, 4) is 0 Å². The number of Topliss-reactive ketones (excluding diaryl/α,β-unsaturated/α-hetero) is 1. The molecule has 0 amide bonds. The molecule has 1 heterocycles. The van der Waals surface area contributed by atoms with E-state index in [1.54, 1.807) is 17.7 Å². The number of hydrogen-bond acceptors (Lipinski definition) is 2. The Morgan fingerprint density at radius 3 is 2.45 bits per heavy atom. The Balaban J connectivity index is 2.02. The van der Waals surface area contributed by atoms with Crippen LogP contribution in [0, 0.1) is 6.92 Å². The number of aromatic nitrogens is 1. The van der Waals surface area contributed by atoms with Crippen LogP contribution < -0.4 is 0 Å². The molecule has 0 atom stereocenters. The monoisotopic (exact) mass is 291 g/mol. The van der Waals surface area contributed by atoms with Crippen molar-refractivity contribution in [2.24, 2.45) is 0 Å². The third kappa shape index (κ3) is 2.58. The average Bonchev–Trinajstić information content (AvgIpc) is 2.90. The third-order valence-electron chi connectivity index (χ3n) is 3.88. The zero-order chi connectivity index (χ0) is 15.7. The van der Waals surface area contributed by atoms with E-state index in [1.165, 1.54) is 0 Å². The fourth-order valence-corrected chi connectivity index (χ4v) is 2.75. The molecule has 1 aromatic heterocycles. The normalized spacial score (nSPS) is 10.8. The molecule has 0 saturated heterocycles. The second kappa shape index (κ2) is 5.60. The molecule has 3 nitrogen and oxygen atoms in total. The molecular formula is C19H17NO2. The van der Waals surface area contributed by atoms with E-state index in [0.717, 1.165) is 22.0 Å². The first-order valence-electron chi connectivity index (χ1n) is 7.26. The van der Waals surface area contributed by atoms with Gasteiger partial charge in [0.15, 0.2) is 5.78 Å². The van der Waals surface area contributed by atoms with Gasteiger partial charge in [0.1, 0.15) is 0 Å². The molecular weight excluding hydrogens is 274 g/mol. The van der Waals surface area contributed by atoms with E-state index < -0.39 is 0 Å². The SMILES string of the molecule is CC(=O)c1cc2c(ccn2C(=O)Cc2ccccc2)cc1C. The lowest BCUT2D eigenvalue weighted by Crippen LogP contribution is -2.12. The first kappa shape index (κ1) is 14.3. The number of nitrogens with zero attached hydrogens (tertiary/aromatic N) is 1. The molecule has 0 aliphatic heterocycles. The highest BCUT2D eigenvalue weighted by atomic mass is 16.2. The summed E-state index contributed by atoms with van der Waals surface area (Å²) < 4.78 is 1.63. The molecule has 0 saturated carbocycles. The predicted octanol–water partition coefficient (Wildman–Crippen LogP) is 4.04. The van der Waals surface area contributed by atoms with Crippen molar-refractivity contribution in [1.82, 2.24) is 4.57 Å². The molecule has 0 unspecified atom stereocenters. The number of hydrogen-bond donors (Lipinski definition) is 0. The third-order valence-corrected chi connectivity index (χ3v) is 3.88. The van der Waals surface area contributed by atoms with E-state index in [2.05, 4.69) is 0 Å². The van der Waals surface area contributed by atoms with Crippen molar-refractivity contribution in [1.29, 1.82) is 0 Å². The van der Waals surface area contributed by atoms with Crippen molar-refractivity contribution in [2.45, 2.75) is 20.3 Å². The minimum Gasteiger partial charge on any atom is -0.294 e. The Kier molecular flexibility index (Phi) is 3.63. The zero-order valence-electron chi connectivity index (χ0n) is 12.7. The van der Waals surface area contributed by atoms with Crippen LogP contribution in [-0.2, 0) is 6.42 Å². The largest absolute Gasteiger partial charge is 0.294 e. The molecule has 0 bridgehead atoms. The fraction of sp³-hybridized carbons (Fsp3) is 0.158. The van der Waals surface area contributed by atoms with Crippen LogP contribution in [0.4, 0.5) is 0 Å². The Morgan fingerprint density at radius 1 is 1.05 bits per heavy atom. The van der Waals surface area contributed by atoms with E-state index in [4.69, 9.17) is 0 Å². The van der Waals surface area contributed by atoms with E-state index in [1.807, 2.05) is 55.5 Å². The van der Waals surface area contributed by atoms with Crippen LogP contribution in [0.2, 0.25) is 0 Å². The van der Waals surface area contributed by atoms with E-state index in [-0.39, 0.29) is 11.7 Å². The van der Waals surface area contributed by atoms with Crippen molar-refractivity contribution in [2.75, 3.05) is 0 Å². The van der Waals surface area contributed by atoms with Gasteiger partial charge in [0.05, 0.1) is 11.9 Å². The Hall–Kier alpha value is -2.68. The van der Waals surface area contributed by atoms with Crippen LogP contribution >= 0.6 is 0 Å². The first-order valence-corrected chi connectivity index (χ1v) is 7.26. The molecule has 0 N–H and O–H groups in total. The smallest absolute Gasteiger partial charge is 0.235 e. The summed E-state index contributed by atoms with van der Waals surface area (Å²) in [6, 6.07) is 15.3. The van der Waals surface area contributed by atoms with Gasteiger partial charge in [0.25, 0.3) is 0 Å². The van der Waals surface area contributed by atoms with Gasteiger partial charge >= 0.3 is 0 Å². The summed E-state index contributed by atoms with van der Waals surface area (Å²) >= 11 is 0. The number of benzene rings is 2. The standard InChI is InChI=1S/C19H17NO2/c1-13-10-16-8-9-20(18(16)12-17(13)14(2)21)19(22)11-15-6-4-3-5-7-15/h3-10,12H,11H2,1-2H3. The van der Waals surface area contributed by atoms with Gasteiger partial charge in [0, 0.05) is 17.1 Å². The molecule has 0 radical (unpaired) electrons. The van der Waals surface area contributed by atoms with Crippen LogP contribution in [0.3, 0.4) is 0 Å². The minimum absolute atomic E-state index is 0.000412. The number of ketones is 1. The Bertz CT molecular complexity index is 860. The quantitative estimate of drug-likeness (QED) is 0.683.